The van der Waals surface area contributed by atoms with E-state index in [1.807, 2.05) is 42.2 Å². The van der Waals surface area contributed by atoms with Gasteiger partial charge >= 0.3 is 0 Å². The Morgan fingerprint density at radius 2 is 1.85 bits per heavy atom. The van der Waals surface area contributed by atoms with Crippen LogP contribution in [0.5, 0.6) is 0 Å². The first-order valence-electron chi connectivity index (χ1n) is 6.82. The number of benzene rings is 1. The fourth-order valence-electron chi connectivity index (χ4n) is 2.39. The maximum atomic E-state index is 12.3. The van der Waals surface area contributed by atoms with Crippen LogP contribution in [0.2, 0.25) is 0 Å². The molecular formula is C14H20N2O3S. The molecule has 1 N–H and O–H groups in total. The third kappa shape index (κ3) is 3.80. The average Bonchev–Trinajstić information content (AvgIpc) is 2.42. The molecule has 1 heterocycles. The molecule has 1 aromatic rings. The predicted octanol–water partition coefficient (Wildman–Crippen LogP) is 1.13. The quantitative estimate of drug-likeness (QED) is 0.904. The number of nitrogens with one attached hydrogen (secondary N) is 1. The van der Waals surface area contributed by atoms with Gasteiger partial charge in [0.25, 0.3) is 0 Å². The van der Waals surface area contributed by atoms with Crippen molar-refractivity contribution in [2.75, 3.05) is 29.9 Å². The second-order valence-corrected chi connectivity index (χ2v) is 7.27. The van der Waals surface area contributed by atoms with Crippen molar-refractivity contribution in [3.8, 4) is 0 Å². The monoisotopic (exact) mass is 296 g/mol. The van der Waals surface area contributed by atoms with Crippen molar-refractivity contribution < 1.29 is 13.2 Å². The highest BCUT2D eigenvalue weighted by atomic mass is 32.2. The van der Waals surface area contributed by atoms with Crippen LogP contribution in [-0.2, 0) is 14.6 Å². The fraction of sp³-hybridized carbons (Fsp3) is 0.500. The van der Waals surface area contributed by atoms with Crippen molar-refractivity contribution in [3.63, 3.8) is 0 Å². The van der Waals surface area contributed by atoms with Gasteiger partial charge in [-0.3, -0.25) is 9.69 Å². The van der Waals surface area contributed by atoms with E-state index in [9.17, 15) is 13.2 Å². The molecule has 1 saturated heterocycles. The molecule has 0 spiro atoms. The van der Waals surface area contributed by atoms with Gasteiger partial charge < -0.3 is 5.32 Å². The van der Waals surface area contributed by atoms with Crippen LogP contribution in [0.25, 0.3) is 0 Å². The molecule has 1 amide bonds. The van der Waals surface area contributed by atoms with Gasteiger partial charge in [0, 0.05) is 18.8 Å². The maximum Gasteiger partial charge on any atom is 0.241 e. The van der Waals surface area contributed by atoms with Gasteiger partial charge in [-0.25, -0.2) is 8.42 Å². The number of anilines is 1. The first-order chi connectivity index (χ1) is 9.52. The predicted molar refractivity (Wildman–Crippen MR) is 79.4 cm³/mol. The summed E-state index contributed by atoms with van der Waals surface area (Å²) in [5.74, 6) is 0.211. The van der Waals surface area contributed by atoms with Gasteiger partial charge in [-0.15, -0.1) is 0 Å². The number of sulfone groups is 1. The highest BCUT2D eigenvalue weighted by Crippen LogP contribution is 2.13. The minimum absolute atomic E-state index is 0.0713. The van der Waals surface area contributed by atoms with Gasteiger partial charge in [0.05, 0.1) is 17.5 Å². The van der Waals surface area contributed by atoms with E-state index in [-0.39, 0.29) is 23.5 Å². The van der Waals surface area contributed by atoms with Crippen LogP contribution in [0.15, 0.2) is 30.3 Å². The normalized spacial score (nSPS) is 20.2. The lowest BCUT2D eigenvalue weighted by molar-refractivity contribution is -0.121. The lowest BCUT2D eigenvalue weighted by atomic mass is 10.1. The lowest BCUT2D eigenvalue weighted by Gasteiger charge is -2.32. The molecule has 0 radical (unpaired) electrons. The van der Waals surface area contributed by atoms with Crippen LogP contribution in [0.4, 0.5) is 5.69 Å². The Balaban J connectivity index is 1.99. The Labute approximate surface area is 119 Å². The fourth-order valence-corrected chi connectivity index (χ4v) is 3.62. The van der Waals surface area contributed by atoms with Crippen molar-refractivity contribution in [2.45, 2.75) is 19.4 Å². The Morgan fingerprint density at radius 3 is 2.40 bits per heavy atom. The number of nitrogens with zero attached hydrogens (tertiary/aromatic N) is 1. The number of rotatable bonds is 4. The first kappa shape index (κ1) is 15.0. The maximum absolute atomic E-state index is 12.3. The van der Waals surface area contributed by atoms with Gasteiger partial charge in [-0.05, 0) is 18.6 Å². The summed E-state index contributed by atoms with van der Waals surface area (Å²) in [5.41, 5.74) is 0.764. The number of hydrogen-bond donors (Lipinski definition) is 1. The van der Waals surface area contributed by atoms with E-state index in [0.717, 1.165) is 5.69 Å². The number of carbonyl (C=O) groups excluding carboxylic acids is 1. The van der Waals surface area contributed by atoms with Gasteiger partial charge in [0.2, 0.25) is 5.91 Å². The first-order valence-corrected chi connectivity index (χ1v) is 8.64. The Hall–Kier alpha value is -1.40. The Bertz CT molecular complexity index is 543. The zero-order valence-electron chi connectivity index (χ0n) is 11.6. The van der Waals surface area contributed by atoms with E-state index in [4.69, 9.17) is 0 Å². The molecule has 0 unspecified atom stereocenters. The van der Waals surface area contributed by atoms with Crippen molar-refractivity contribution >= 4 is 21.4 Å². The van der Waals surface area contributed by atoms with E-state index < -0.39 is 9.84 Å². The number of hydrogen-bond acceptors (Lipinski definition) is 4. The van der Waals surface area contributed by atoms with Crippen LogP contribution in [0.3, 0.4) is 0 Å². The smallest absolute Gasteiger partial charge is 0.241 e. The number of amides is 1. The van der Waals surface area contributed by atoms with Crippen LogP contribution in [0.1, 0.15) is 13.3 Å². The van der Waals surface area contributed by atoms with Crippen LogP contribution >= 0.6 is 0 Å². The van der Waals surface area contributed by atoms with Crippen molar-refractivity contribution in [1.29, 1.82) is 0 Å². The molecule has 5 nitrogen and oxygen atoms in total. The highest BCUT2D eigenvalue weighted by molar-refractivity contribution is 7.91. The SMILES string of the molecule is CC[C@H](C(=O)Nc1ccccc1)N1CCS(=O)(=O)CC1. The molecule has 0 aromatic heterocycles. The lowest BCUT2D eigenvalue weighted by Crippen LogP contribution is -2.50. The molecule has 110 valence electrons. The zero-order valence-corrected chi connectivity index (χ0v) is 12.4. The molecule has 0 bridgehead atoms. The molecule has 0 saturated carbocycles. The summed E-state index contributed by atoms with van der Waals surface area (Å²) in [4.78, 5) is 14.3. The van der Waals surface area contributed by atoms with Crippen LogP contribution in [0, 0.1) is 0 Å². The highest BCUT2D eigenvalue weighted by Gasteiger charge is 2.30. The summed E-state index contributed by atoms with van der Waals surface area (Å²) in [5, 5.41) is 2.88. The molecule has 1 aliphatic heterocycles. The second kappa shape index (κ2) is 6.37. The molecule has 1 aromatic carbocycles. The third-order valence-corrected chi connectivity index (χ3v) is 5.16. The molecule has 1 fully saturated rings. The van der Waals surface area contributed by atoms with Gasteiger partial charge in [-0.1, -0.05) is 25.1 Å². The topological polar surface area (TPSA) is 66.5 Å². The number of carbonyl (C=O) groups is 1. The minimum atomic E-state index is -2.92. The van der Waals surface area contributed by atoms with E-state index >= 15 is 0 Å². The Morgan fingerprint density at radius 1 is 1.25 bits per heavy atom. The van der Waals surface area contributed by atoms with Crippen molar-refractivity contribution in [2.24, 2.45) is 0 Å². The number of para-hydroxylation sites is 1. The minimum Gasteiger partial charge on any atom is -0.325 e. The molecule has 6 heteroatoms. The van der Waals surface area contributed by atoms with Gasteiger partial charge in [-0.2, -0.15) is 0 Å². The van der Waals surface area contributed by atoms with Crippen molar-refractivity contribution in [3.05, 3.63) is 30.3 Å². The summed E-state index contributed by atoms with van der Waals surface area (Å²) in [6.07, 6.45) is 0.665. The summed E-state index contributed by atoms with van der Waals surface area (Å²) in [6, 6.07) is 9.03. The Kier molecular flexibility index (Phi) is 4.77. The largest absolute Gasteiger partial charge is 0.325 e. The van der Waals surface area contributed by atoms with Crippen LogP contribution in [-0.4, -0.2) is 49.9 Å². The van der Waals surface area contributed by atoms with E-state index in [2.05, 4.69) is 5.32 Å². The second-order valence-electron chi connectivity index (χ2n) is 4.97. The molecule has 2 rings (SSSR count). The van der Waals surface area contributed by atoms with E-state index in [1.54, 1.807) is 0 Å². The summed E-state index contributed by atoms with van der Waals surface area (Å²) in [6.45, 7) is 2.81. The molecule has 1 atom stereocenters. The van der Waals surface area contributed by atoms with Gasteiger partial charge in [0.1, 0.15) is 0 Å². The average molecular weight is 296 g/mol. The van der Waals surface area contributed by atoms with E-state index in [1.165, 1.54) is 0 Å². The molecule has 1 aliphatic rings. The molecule has 0 aliphatic carbocycles. The van der Waals surface area contributed by atoms with E-state index in [0.29, 0.717) is 19.5 Å². The summed E-state index contributed by atoms with van der Waals surface area (Å²) < 4.78 is 22.9. The molecular weight excluding hydrogens is 276 g/mol. The van der Waals surface area contributed by atoms with Gasteiger partial charge in [0.15, 0.2) is 9.84 Å². The van der Waals surface area contributed by atoms with Crippen molar-refractivity contribution in [1.82, 2.24) is 4.90 Å². The zero-order chi connectivity index (χ0) is 14.6. The standard InChI is InChI=1S/C14H20N2O3S/c1-2-13(16-8-10-20(18,19)11-9-16)14(17)15-12-6-4-3-5-7-12/h3-7,13H,2,8-11H2,1H3,(H,15,17)/t13-/m1/s1. The summed E-state index contributed by atoms with van der Waals surface area (Å²) >= 11 is 0. The van der Waals surface area contributed by atoms with Crippen LogP contribution < -0.4 is 5.32 Å². The molecule has 20 heavy (non-hydrogen) atoms. The summed E-state index contributed by atoms with van der Waals surface area (Å²) in [7, 11) is -2.92. The third-order valence-electron chi connectivity index (χ3n) is 3.55.